The largest absolute Gasteiger partial charge is 0.385 e. The average molecular weight is 227 g/mol. The molecule has 0 amide bonds. The molecular weight excluding hydrogens is 210 g/mol. The van der Waals surface area contributed by atoms with Crippen molar-refractivity contribution < 1.29 is 5.11 Å². The van der Waals surface area contributed by atoms with Crippen LogP contribution in [0.1, 0.15) is 24.6 Å². The number of nitrogens with zero attached hydrogens (tertiary/aromatic N) is 1. The van der Waals surface area contributed by atoms with E-state index in [1.165, 1.54) is 0 Å². The van der Waals surface area contributed by atoms with Crippen molar-refractivity contribution in [2.24, 2.45) is 0 Å². The summed E-state index contributed by atoms with van der Waals surface area (Å²) in [6.45, 7) is 2.00. The molecule has 0 aliphatic carbocycles. The maximum Gasteiger partial charge on any atom is 0.0949 e. The molecule has 0 spiro atoms. The Morgan fingerprint density at radius 2 is 1.76 bits per heavy atom. The SMILES string of the molecule is CCC(O)(Cc1ccccn1)c1ccccc1. The molecule has 0 saturated heterocycles. The third-order valence-corrected chi connectivity index (χ3v) is 3.10. The molecule has 2 nitrogen and oxygen atoms in total. The van der Waals surface area contributed by atoms with E-state index in [4.69, 9.17) is 0 Å². The fraction of sp³-hybridized carbons (Fsp3) is 0.267. The van der Waals surface area contributed by atoms with Gasteiger partial charge in [0.2, 0.25) is 0 Å². The van der Waals surface area contributed by atoms with Crippen molar-refractivity contribution in [3.63, 3.8) is 0 Å². The summed E-state index contributed by atoms with van der Waals surface area (Å²) in [4.78, 5) is 4.28. The Morgan fingerprint density at radius 1 is 1.06 bits per heavy atom. The number of rotatable bonds is 4. The van der Waals surface area contributed by atoms with Crippen LogP contribution in [0, 0.1) is 0 Å². The minimum Gasteiger partial charge on any atom is -0.385 e. The fourth-order valence-electron chi connectivity index (χ4n) is 1.98. The first-order valence-corrected chi connectivity index (χ1v) is 5.92. The first kappa shape index (κ1) is 11.8. The van der Waals surface area contributed by atoms with Gasteiger partial charge in [-0.1, -0.05) is 43.3 Å². The van der Waals surface area contributed by atoms with Crippen molar-refractivity contribution in [2.45, 2.75) is 25.4 Å². The average Bonchev–Trinajstić information content (AvgIpc) is 2.41. The molecule has 0 aliphatic rings. The van der Waals surface area contributed by atoms with Crippen LogP contribution in [-0.2, 0) is 12.0 Å². The molecule has 1 unspecified atom stereocenters. The van der Waals surface area contributed by atoms with Crippen LogP contribution in [0.15, 0.2) is 54.7 Å². The Kier molecular flexibility index (Phi) is 3.55. The van der Waals surface area contributed by atoms with Crippen molar-refractivity contribution in [1.29, 1.82) is 0 Å². The molecule has 1 aromatic heterocycles. The van der Waals surface area contributed by atoms with Crippen molar-refractivity contribution >= 4 is 0 Å². The van der Waals surface area contributed by atoms with E-state index in [2.05, 4.69) is 4.98 Å². The quantitative estimate of drug-likeness (QED) is 0.871. The second-order valence-electron chi connectivity index (χ2n) is 4.25. The van der Waals surface area contributed by atoms with Gasteiger partial charge in [0.05, 0.1) is 5.60 Å². The summed E-state index contributed by atoms with van der Waals surface area (Å²) >= 11 is 0. The molecular formula is C15H17NO. The normalized spacial score (nSPS) is 14.2. The monoisotopic (exact) mass is 227 g/mol. The van der Waals surface area contributed by atoms with Crippen molar-refractivity contribution in [3.8, 4) is 0 Å². The first-order valence-electron chi connectivity index (χ1n) is 5.92. The lowest BCUT2D eigenvalue weighted by molar-refractivity contribution is 0.0318. The molecule has 0 radical (unpaired) electrons. The Morgan fingerprint density at radius 3 is 2.35 bits per heavy atom. The third kappa shape index (κ3) is 2.71. The van der Waals surface area contributed by atoms with Gasteiger partial charge in [-0.3, -0.25) is 4.98 Å². The highest BCUT2D eigenvalue weighted by Gasteiger charge is 2.27. The van der Waals surface area contributed by atoms with Crippen LogP contribution in [0.5, 0.6) is 0 Å². The standard InChI is InChI=1S/C15H17NO/c1-2-15(17,13-8-4-3-5-9-13)12-14-10-6-7-11-16-14/h3-11,17H,2,12H2,1H3. The van der Waals surface area contributed by atoms with E-state index in [0.717, 1.165) is 11.3 Å². The molecule has 0 aliphatic heterocycles. The van der Waals surface area contributed by atoms with Gasteiger partial charge in [0.15, 0.2) is 0 Å². The first-order chi connectivity index (χ1) is 8.24. The van der Waals surface area contributed by atoms with Crippen LogP contribution in [0.2, 0.25) is 0 Å². The number of benzene rings is 1. The summed E-state index contributed by atoms with van der Waals surface area (Å²) in [7, 11) is 0. The predicted octanol–water partition coefficient (Wildman–Crippen LogP) is 2.92. The molecule has 0 bridgehead atoms. The minimum absolute atomic E-state index is 0.550. The van der Waals surface area contributed by atoms with E-state index in [1.807, 2.05) is 55.5 Å². The van der Waals surface area contributed by atoms with Gasteiger partial charge in [0, 0.05) is 18.3 Å². The predicted molar refractivity (Wildman–Crippen MR) is 68.6 cm³/mol. The Hall–Kier alpha value is -1.67. The lowest BCUT2D eigenvalue weighted by atomic mass is 9.86. The highest BCUT2D eigenvalue weighted by Crippen LogP contribution is 2.28. The number of hydrogen-bond donors (Lipinski definition) is 1. The van der Waals surface area contributed by atoms with Crippen LogP contribution >= 0.6 is 0 Å². The second-order valence-corrected chi connectivity index (χ2v) is 4.25. The Labute approximate surface area is 102 Å². The highest BCUT2D eigenvalue weighted by atomic mass is 16.3. The molecule has 0 saturated carbocycles. The highest BCUT2D eigenvalue weighted by molar-refractivity contribution is 5.24. The lowest BCUT2D eigenvalue weighted by Crippen LogP contribution is -2.28. The molecule has 88 valence electrons. The van der Waals surface area contributed by atoms with Gasteiger partial charge >= 0.3 is 0 Å². The van der Waals surface area contributed by atoms with E-state index >= 15 is 0 Å². The zero-order chi connectivity index (χ0) is 12.1. The third-order valence-electron chi connectivity index (χ3n) is 3.10. The Bertz CT molecular complexity index is 455. The summed E-state index contributed by atoms with van der Waals surface area (Å²) in [5.74, 6) is 0. The van der Waals surface area contributed by atoms with Crippen LogP contribution < -0.4 is 0 Å². The van der Waals surface area contributed by atoms with Gasteiger partial charge in [0.25, 0.3) is 0 Å². The molecule has 17 heavy (non-hydrogen) atoms. The van der Waals surface area contributed by atoms with Crippen molar-refractivity contribution in [2.75, 3.05) is 0 Å². The molecule has 1 aromatic carbocycles. The second kappa shape index (κ2) is 5.11. The molecule has 1 atom stereocenters. The van der Waals surface area contributed by atoms with Crippen LogP contribution in [0.25, 0.3) is 0 Å². The molecule has 1 heterocycles. The molecule has 2 heteroatoms. The Balaban J connectivity index is 2.27. The summed E-state index contributed by atoms with van der Waals surface area (Å²) in [6.07, 6.45) is 2.98. The molecule has 2 rings (SSSR count). The zero-order valence-corrected chi connectivity index (χ0v) is 10.0. The van der Waals surface area contributed by atoms with E-state index < -0.39 is 5.60 Å². The number of hydrogen-bond acceptors (Lipinski definition) is 2. The summed E-state index contributed by atoms with van der Waals surface area (Å²) in [6, 6.07) is 15.6. The van der Waals surface area contributed by atoms with Gasteiger partial charge in [0.1, 0.15) is 0 Å². The van der Waals surface area contributed by atoms with Crippen molar-refractivity contribution in [1.82, 2.24) is 4.98 Å². The molecule has 0 fully saturated rings. The van der Waals surface area contributed by atoms with Gasteiger partial charge in [-0.2, -0.15) is 0 Å². The maximum atomic E-state index is 10.7. The fourth-order valence-corrected chi connectivity index (χ4v) is 1.98. The van der Waals surface area contributed by atoms with E-state index in [0.29, 0.717) is 12.8 Å². The van der Waals surface area contributed by atoms with Gasteiger partial charge in [-0.25, -0.2) is 0 Å². The van der Waals surface area contributed by atoms with Gasteiger partial charge in [-0.05, 0) is 24.1 Å². The maximum absolute atomic E-state index is 10.7. The molecule has 2 aromatic rings. The van der Waals surface area contributed by atoms with E-state index in [-0.39, 0.29) is 0 Å². The summed E-state index contributed by atoms with van der Waals surface area (Å²) in [5, 5.41) is 10.7. The summed E-state index contributed by atoms with van der Waals surface area (Å²) < 4.78 is 0. The zero-order valence-electron chi connectivity index (χ0n) is 10.0. The summed E-state index contributed by atoms with van der Waals surface area (Å²) in [5.41, 5.74) is 1.05. The number of aliphatic hydroxyl groups is 1. The van der Waals surface area contributed by atoms with Gasteiger partial charge < -0.3 is 5.11 Å². The minimum atomic E-state index is -0.824. The number of pyridine rings is 1. The number of aromatic nitrogens is 1. The van der Waals surface area contributed by atoms with Crippen molar-refractivity contribution in [3.05, 3.63) is 66.0 Å². The lowest BCUT2D eigenvalue weighted by Gasteiger charge is -2.27. The van der Waals surface area contributed by atoms with E-state index in [9.17, 15) is 5.11 Å². The molecule has 1 N–H and O–H groups in total. The smallest absolute Gasteiger partial charge is 0.0949 e. The van der Waals surface area contributed by atoms with Crippen LogP contribution in [0.3, 0.4) is 0 Å². The van der Waals surface area contributed by atoms with Crippen LogP contribution in [-0.4, -0.2) is 10.1 Å². The van der Waals surface area contributed by atoms with Gasteiger partial charge in [-0.15, -0.1) is 0 Å². The topological polar surface area (TPSA) is 33.1 Å². The van der Waals surface area contributed by atoms with E-state index in [1.54, 1.807) is 6.20 Å². The van der Waals surface area contributed by atoms with Crippen LogP contribution in [0.4, 0.5) is 0 Å².